The maximum atomic E-state index is 11.9. The highest BCUT2D eigenvalue weighted by molar-refractivity contribution is 14.1. The van der Waals surface area contributed by atoms with Gasteiger partial charge in [-0.25, -0.2) is 8.42 Å². The average molecular weight is 393 g/mol. The third kappa shape index (κ3) is 6.43. The summed E-state index contributed by atoms with van der Waals surface area (Å²) in [7, 11) is -3.72. The summed E-state index contributed by atoms with van der Waals surface area (Å²) in [4.78, 5) is 0. The fourth-order valence-corrected chi connectivity index (χ4v) is 2.69. The van der Waals surface area contributed by atoms with Crippen LogP contribution in [0.5, 0.6) is 0 Å². The van der Waals surface area contributed by atoms with Crippen molar-refractivity contribution < 1.29 is 21.6 Å². The van der Waals surface area contributed by atoms with Crippen molar-refractivity contribution in [3.63, 3.8) is 0 Å². The quantitative estimate of drug-likeness (QED) is 0.780. The SMILES string of the molecule is O=S(=O)(CCCC(F)(F)F)Nc1ccc(I)cc1. The van der Waals surface area contributed by atoms with E-state index >= 15 is 0 Å². The van der Waals surface area contributed by atoms with E-state index in [4.69, 9.17) is 0 Å². The summed E-state index contributed by atoms with van der Waals surface area (Å²) in [6.07, 6.45) is -5.86. The molecule has 0 aliphatic rings. The number of rotatable bonds is 5. The molecule has 102 valence electrons. The van der Waals surface area contributed by atoms with Gasteiger partial charge in [-0.2, -0.15) is 13.2 Å². The normalized spacial score (nSPS) is 12.4. The van der Waals surface area contributed by atoms with Crippen molar-refractivity contribution in [3.8, 4) is 0 Å². The first-order valence-electron chi connectivity index (χ1n) is 5.01. The first-order chi connectivity index (χ1) is 8.18. The molecule has 1 aromatic carbocycles. The number of alkyl halides is 3. The molecular weight excluding hydrogens is 382 g/mol. The van der Waals surface area contributed by atoms with E-state index in [0.29, 0.717) is 5.69 Å². The van der Waals surface area contributed by atoms with Crippen LogP contribution in [0.25, 0.3) is 0 Å². The Bertz CT molecular complexity index is 485. The van der Waals surface area contributed by atoms with E-state index in [9.17, 15) is 21.6 Å². The molecule has 18 heavy (non-hydrogen) atoms. The van der Waals surface area contributed by atoms with Crippen LogP contribution in [0.4, 0.5) is 18.9 Å². The number of benzene rings is 1. The molecule has 0 fully saturated rings. The largest absolute Gasteiger partial charge is 0.389 e. The fraction of sp³-hybridized carbons (Fsp3) is 0.400. The van der Waals surface area contributed by atoms with E-state index in [1.54, 1.807) is 24.3 Å². The Kier molecular flexibility index (Phi) is 5.26. The molecule has 0 heterocycles. The summed E-state index contributed by atoms with van der Waals surface area (Å²) in [5.41, 5.74) is 0.349. The molecule has 0 bridgehead atoms. The molecule has 0 atom stereocenters. The monoisotopic (exact) mass is 393 g/mol. The van der Waals surface area contributed by atoms with Gasteiger partial charge in [0, 0.05) is 15.7 Å². The van der Waals surface area contributed by atoms with Gasteiger partial charge in [0.25, 0.3) is 0 Å². The highest BCUT2D eigenvalue weighted by Crippen LogP contribution is 2.22. The predicted octanol–water partition coefficient (Wildman–Crippen LogP) is 3.38. The highest BCUT2D eigenvalue weighted by Gasteiger charge is 2.27. The lowest BCUT2D eigenvalue weighted by Gasteiger charge is -2.09. The Labute approximate surface area is 117 Å². The topological polar surface area (TPSA) is 46.2 Å². The van der Waals surface area contributed by atoms with E-state index in [1.807, 2.05) is 0 Å². The van der Waals surface area contributed by atoms with Gasteiger partial charge in [0.05, 0.1) is 5.75 Å². The minimum absolute atomic E-state index is 0.349. The van der Waals surface area contributed by atoms with Crippen molar-refractivity contribution in [1.82, 2.24) is 0 Å². The molecule has 0 saturated carbocycles. The van der Waals surface area contributed by atoms with Gasteiger partial charge in [0.1, 0.15) is 0 Å². The van der Waals surface area contributed by atoms with Crippen molar-refractivity contribution in [1.29, 1.82) is 0 Å². The van der Waals surface area contributed by atoms with Gasteiger partial charge in [0.2, 0.25) is 10.0 Å². The van der Waals surface area contributed by atoms with E-state index in [-0.39, 0.29) is 0 Å². The second kappa shape index (κ2) is 6.09. The van der Waals surface area contributed by atoms with Gasteiger partial charge in [0.15, 0.2) is 0 Å². The number of hydrogen-bond donors (Lipinski definition) is 1. The molecular formula is C10H11F3INO2S. The average Bonchev–Trinajstić information content (AvgIpc) is 2.18. The number of anilines is 1. The third-order valence-corrected chi connectivity index (χ3v) is 4.08. The van der Waals surface area contributed by atoms with Crippen LogP contribution in [0.2, 0.25) is 0 Å². The Morgan fingerprint density at radius 1 is 1.17 bits per heavy atom. The summed E-state index contributed by atoms with van der Waals surface area (Å²) in [5.74, 6) is -0.543. The summed E-state index contributed by atoms with van der Waals surface area (Å²) >= 11 is 2.06. The maximum absolute atomic E-state index is 11.9. The Hall–Kier alpha value is -0.510. The minimum Gasteiger partial charge on any atom is -0.284 e. The molecule has 0 radical (unpaired) electrons. The van der Waals surface area contributed by atoms with Gasteiger partial charge in [-0.15, -0.1) is 0 Å². The van der Waals surface area contributed by atoms with Crippen LogP contribution < -0.4 is 4.72 Å². The Morgan fingerprint density at radius 2 is 1.72 bits per heavy atom. The van der Waals surface area contributed by atoms with Gasteiger partial charge >= 0.3 is 6.18 Å². The molecule has 3 nitrogen and oxygen atoms in total. The Balaban J connectivity index is 2.52. The molecule has 0 spiro atoms. The first kappa shape index (κ1) is 15.5. The fourth-order valence-electron chi connectivity index (χ4n) is 1.21. The number of sulfonamides is 1. The second-order valence-corrected chi connectivity index (χ2v) is 6.73. The van der Waals surface area contributed by atoms with Crippen molar-refractivity contribution in [3.05, 3.63) is 27.8 Å². The number of halogens is 4. The van der Waals surface area contributed by atoms with Crippen molar-refractivity contribution in [2.45, 2.75) is 19.0 Å². The van der Waals surface area contributed by atoms with Gasteiger partial charge < -0.3 is 0 Å². The molecule has 1 N–H and O–H groups in total. The molecule has 0 aliphatic heterocycles. The van der Waals surface area contributed by atoms with Crippen LogP contribution >= 0.6 is 22.6 Å². The minimum atomic E-state index is -4.32. The molecule has 0 saturated heterocycles. The van der Waals surface area contributed by atoms with Crippen molar-refractivity contribution in [2.24, 2.45) is 0 Å². The molecule has 0 amide bonds. The predicted molar refractivity (Wildman–Crippen MR) is 71.9 cm³/mol. The zero-order valence-electron chi connectivity index (χ0n) is 9.17. The van der Waals surface area contributed by atoms with Gasteiger partial charge in [-0.05, 0) is 53.3 Å². The van der Waals surface area contributed by atoms with Crippen LogP contribution in [0.1, 0.15) is 12.8 Å². The van der Waals surface area contributed by atoms with E-state index < -0.39 is 34.8 Å². The van der Waals surface area contributed by atoms with Crippen LogP contribution in [0.15, 0.2) is 24.3 Å². The van der Waals surface area contributed by atoms with E-state index in [2.05, 4.69) is 27.3 Å². The van der Waals surface area contributed by atoms with Crippen LogP contribution in [-0.4, -0.2) is 20.3 Å². The molecule has 1 rings (SSSR count). The zero-order valence-corrected chi connectivity index (χ0v) is 12.1. The maximum Gasteiger partial charge on any atom is 0.389 e. The van der Waals surface area contributed by atoms with Crippen LogP contribution in [0, 0.1) is 3.57 Å². The lowest BCUT2D eigenvalue weighted by atomic mass is 10.3. The first-order valence-corrected chi connectivity index (χ1v) is 7.74. The standard InChI is InChI=1S/C10H11F3INO2S/c11-10(12,13)6-1-7-18(16,17)15-9-4-2-8(14)3-5-9/h2-5,15H,1,6-7H2. The summed E-state index contributed by atoms with van der Waals surface area (Å²) in [6.45, 7) is 0. The lowest BCUT2D eigenvalue weighted by Crippen LogP contribution is -2.18. The van der Waals surface area contributed by atoms with E-state index in [1.165, 1.54) is 0 Å². The molecule has 0 aromatic heterocycles. The zero-order chi connectivity index (χ0) is 13.8. The van der Waals surface area contributed by atoms with Crippen LogP contribution in [-0.2, 0) is 10.0 Å². The highest BCUT2D eigenvalue weighted by atomic mass is 127. The van der Waals surface area contributed by atoms with E-state index in [0.717, 1.165) is 3.57 Å². The second-order valence-electron chi connectivity index (χ2n) is 3.65. The lowest BCUT2D eigenvalue weighted by molar-refractivity contribution is -0.134. The number of nitrogens with one attached hydrogen (secondary N) is 1. The smallest absolute Gasteiger partial charge is 0.284 e. The molecule has 8 heteroatoms. The summed E-state index contributed by atoms with van der Waals surface area (Å²) in [6, 6.07) is 6.52. The van der Waals surface area contributed by atoms with Gasteiger partial charge in [-0.1, -0.05) is 0 Å². The molecule has 0 aliphatic carbocycles. The molecule has 0 unspecified atom stereocenters. The summed E-state index contributed by atoms with van der Waals surface area (Å²) in [5, 5.41) is 0. The summed E-state index contributed by atoms with van der Waals surface area (Å²) < 4.78 is 61.8. The number of hydrogen-bond acceptors (Lipinski definition) is 2. The van der Waals surface area contributed by atoms with Crippen LogP contribution in [0.3, 0.4) is 0 Å². The third-order valence-electron chi connectivity index (χ3n) is 1.99. The van der Waals surface area contributed by atoms with Crippen molar-refractivity contribution in [2.75, 3.05) is 10.5 Å². The van der Waals surface area contributed by atoms with Crippen molar-refractivity contribution >= 4 is 38.3 Å². The Morgan fingerprint density at radius 3 is 2.22 bits per heavy atom. The molecule has 1 aromatic rings. The van der Waals surface area contributed by atoms with Gasteiger partial charge in [-0.3, -0.25) is 4.72 Å².